The van der Waals surface area contributed by atoms with Crippen LogP contribution in [0, 0.1) is 0 Å². The minimum Gasteiger partial charge on any atom is -0.381 e. The Hall–Kier alpha value is -3.01. The minimum atomic E-state index is -0.329. The number of aromatic nitrogens is 6. The van der Waals surface area contributed by atoms with Gasteiger partial charge in [-0.15, -0.1) is 0 Å². The van der Waals surface area contributed by atoms with E-state index in [2.05, 4.69) is 30.2 Å². The smallest absolute Gasteiger partial charge is 0.327 e. The number of rotatable bonds is 3. The van der Waals surface area contributed by atoms with Crippen molar-refractivity contribution in [2.75, 3.05) is 18.5 Å². The average Bonchev–Trinajstić information content (AvgIpc) is 2.93. The number of anilines is 2. The Morgan fingerprint density at radius 3 is 2.88 bits per heavy atom. The first-order valence-corrected chi connectivity index (χ1v) is 7.57. The predicted octanol–water partition coefficient (Wildman–Crippen LogP) is 0.298. The van der Waals surface area contributed by atoms with Crippen molar-refractivity contribution in [3.05, 3.63) is 39.6 Å². The molecule has 10 heteroatoms. The van der Waals surface area contributed by atoms with Gasteiger partial charge in [-0.05, 0) is 12.8 Å². The Labute approximate surface area is 134 Å². The van der Waals surface area contributed by atoms with Crippen LogP contribution in [0.2, 0.25) is 0 Å². The molecule has 0 bridgehead atoms. The number of aromatic amines is 2. The molecule has 124 valence electrons. The van der Waals surface area contributed by atoms with Crippen molar-refractivity contribution in [2.45, 2.75) is 18.9 Å². The van der Waals surface area contributed by atoms with Gasteiger partial charge in [0.15, 0.2) is 5.65 Å². The van der Waals surface area contributed by atoms with Crippen LogP contribution in [0.15, 0.2) is 28.3 Å². The van der Waals surface area contributed by atoms with E-state index in [1.807, 2.05) is 0 Å². The van der Waals surface area contributed by atoms with Crippen LogP contribution in [0.25, 0.3) is 11.2 Å². The maximum Gasteiger partial charge on any atom is 0.327 e. The number of ether oxygens (including phenoxy) is 1. The molecule has 4 heterocycles. The third kappa shape index (κ3) is 2.56. The van der Waals surface area contributed by atoms with E-state index in [0.29, 0.717) is 24.4 Å². The average molecular weight is 329 g/mol. The third-order valence-corrected chi connectivity index (χ3v) is 3.98. The van der Waals surface area contributed by atoms with E-state index < -0.39 is 0 Å². The number of H-pyrrole nitrogens is 2. The summed E-state index contributed by atoms with van der Waals surface area (Å²) in [6, 6.07) is 0.0320. The number of nitrogens with zero attached hydrogens (tertiary/aromatic N) is 4. The first kappa shape index (κ1) is 14.6. The molecule has 0 radical (unpaired) electrons. The largest absolute Gasteiger partial charge is 0.381 e. The summed E-state index contributed by atoms with van der Waals surface area (Å²) in [7, 11) is 0. The molecule has 4 rings (SSSR count). The lowest BCUT2D eigenvalue weighted by molar-refractivity contribution is 0.0697. The molecule has 3 aromatic rings. The summed E-state index contributed by atoms with van der Waals surface area (Å²) < 4.78 is 6.99. The maximum atomic E-state index is 12.3. The van der Waals surface area contributed by atoms with Crippen LogP contribution in [-0.2, 0) is 4.74 Å². The fourth-order valence-electron chi connectivity index (χ4n) is 2.81. The molecular formula is C14H15N7O3. The van der Waals surface area contributed by atoms with Gasteiger partial charge in [0.05, 0.1) is 18.7 Å². The van der Waals surface area contributed by atoms with Crippen molar-refractivity contribution >= 4 is 22.8 Å². The number of fused-ring (bicyclic) bond motifs is 1. The third-order valence-electron chi connectivity index (χ3n) is 3.98. The van der Waals surface area contributed by atoms with Crippen LogP contribution in [0.5, 0.6) is 0 Å². The molecule has 0 unspecified atom stereocenters. The molecule has 0 aromatic carbocycles. The lowest BCUT2D eigenvalue weighted by Gasteiger charge is -2.22. The van der Waals surface area contributed by atoms with E-state index in [4.69, 9.17) is 4.74 Å². The van der Waals surface area contributed by atoms with Gasteiger partial charge in [0.2, 0.25) is 5.95 Å². The van der Waals surface area contributed by atoms with Crippen LogP contribution in [0.4, 0.5) is 11.6 Å². The number of nitrogens with one attached hydrogen (secondary N) is 3. The number of hydrogen-bond donors (Lipinski definition) is 3. The fourth-order valence-corrected chi connectivity index (χ4v) is 2.81. The highest BCUT2D eigenvalue weighted by Gasteiger charge is 2.21. The summed E-state index contributed by atoms with van der Waals surface area (Å²) in [6.45, 7) is 1.23. The normalized spacial score (nSPS) is 15.7. The SMILES string of the molecule is O=c1[nH]cncc1Nc1ncc2[nH]c(=O)n(C3CCOCC3)c2n1. The highest BCUT2D eigenvalue weighted by molar-refractivity contribution is 5.71. The van der Waals surface area contributed by atoms with Crippen molar-refractivity contribution in [1.82, 2.24) is 29.5 Å². The van der Waals surface area contributed by atoms with Gasteiger partial charge in [-0.1, -0.05) is 0 Å². The second-order valence-electron chi connectivity index (χ2n) is 5.49. The van der Waals surface area contributed by atoms with E-state index >= 15 is 0 Å². The van der Waals surface area contributed by atoms with Crippen LogP contribution >= 0.6 is 0 Å². The molecule has 0 atom stereocenters. The van der Waals surface area contributed by atoms with Crippen molar-refractivity contribution in [3.63, 3.8) is 0 Å². The molecule has 0 amide bonds. The van der Waals surface area contributed by atoms with Gasteiger partial charge < -0.3 is 20.0 Å². The van der Waals surface area contributed by atoms with E-state index in [-0.39, 0.29) is 28.9 Å². The summed E-state index contributed by atoms with van der Waals surface area (Å²) in [5, 5.41) is 2.82. The molecule has 1 saturated heterocycles. The van der Waals surface area contributed by atoms with Gasteiger partial charge >= 0.3 is 5.69 Å². The minimum absolute atomic E-state index is 0.0320. The second kappa shape index (κ2) is 5.89. The van der Waals surface area contributed by atoms with Gasteiger partial charge in [0.25, 0.3) is 5.56 Å². The Morgan fingerprint density at radius 2 is 2.08 bits per heavy atom. The number of imidazole rings is 1. The quantitative estimate of drug-likeness (QED) is 0.630. The molecule has 10 nitrogen and oxygen atoms in total. The second-order valence-corrected chi connectivity index (χ2v) is 5.49. The molecule has 0 saturated carbocycles. The van der Waals surface area contributed by atoms with Gasteiger partial charge in [-0.25, -0.2) is 14.8 Å². The zero-order chi connectivity index (χ0) is 16.5. The summed E-state index contributed by atoms with van der Waals surface area (Å²) in [5.74, 6) is 0.223. The van der Waals surface area contributed by atoms with E-state index in [1.165, 1.54) is 18.7 Å². The fraction of sp³-hybridized carbons (Fsp3) is 0.357. The Balaban J connectivity index is 1.75. The Bertz CT molecular complexity index is 984. The molecule has 1 aliphatic rings. The summed E-state index contributed by atoms with van der Waals surface area (Å²) >= 11 is 0. The van der Waals surface area contributed by atoms with E-state index in [1.54, 1.807) is 4.57 Å². The van der Waals surface area contributed by atoms with Crippen LogP contribution in [0.3, 0.4) is 0 Å². The van der Waals surface area contributed by atoms with E-state index in [0.717, 1.165) is 12.8 Å². The van der Waals surface area contributed by atoms with Crippen molar-refractivity contribution in [1.29, 1.82) is 0 Å². The first-order chi connectivity index (χ1) is 11.7. The van der Waals surface area contributed by atoms with Crippen LogP contribution < -0.4 is 16.6 Å². The molecule has 3 N–H and O–H groups in total. The van der Waals surface area contributed by atoms with Crippen LogP contribution in [0.1, 0.15) is 18.9 Å². The Morgan fingerprint density at radius 1 is 1.25 bits per heavy atom. The Kier molecular flexibility index (Phi) is 3.58. The maximum absolute atomic E-state index is 12.3. The highest BCUT2D eigenvalue weighted by Crippen LogP contribution is 2.23. The molecule has 24 heavy (non-hydrogen) atoms. The summed E-state index contributed by atoms with van der Waals surface area (Å²) in [6.07, 6.45) is 5.71. The van der Waals surface area contributed by atoms with Crippen LogP contribution in [-0.4, -0.2) is 42.7 Å². The van der Waals surface area contributed by atoms with Gasteiger partial charge in [0, 0.05) is 19.3 Å². The standard InChI is InChI=1S/C14H15N7O3/c22-12-10(5-15-7-17-12)18-13-16-6-9-11(20-13)21(14(23)19-9)8-1-3-24-4-2-8/h5-8H,1-4H2,(H,19,23)(H,15,17,22)(H,16,18,20). The predicted molar refractivity (Wildman–Crippen MR) is 85.4 cm³/mol. The summed E-state index contributed by atoms with van der Waals surface area (Å²) in [5.41, 5.74) is 0.737. The lowest BCUT2D eigenvalue weighted by Crippen LogP contribution is -2.27. The van der Waals surface area contributed by atoms with Gasteiger partial charge in [0.1, 0.15) is 11.2 Å². The van der Waals surface area contributed by atoms with Crippen molar-refractivity contribution in [3.8, 4) is 0 Å². The van der Waals surface area contributed by atoms with E-state index in [9.17, 15) is 9.59 Å². The van der Waals surface area contributed by atoms with Gasteiger partial charge in [-0.3, -0.25) is 9.36 Å². The molecular weight excluding hydrogens is 314 g/mol. The molecule has 3 aromatic heterocycles. The molecule has 0 aliphatic carbocycles. The molecule has 1 aliphatic heterocycles. The van der Waals surface area contributed by atoms with Crippen molar-refractivity contribution < 1.29 is 4.74 Å². The number of hydrogen-bond acceptors (Lipinski definition) is 7. The van der Waals surface area contributed by atoms with Gasteiger partial charge in [-0.2, -0.15) is 4.98 Å². The highest BCUT2D eigenvalue weighted by atomic mass is 16.5. The zero-order valence-electron chi connectivity index (χ0n) is 12.7. The first-order valence-electron chi connectivity index (χ1n) is 7.57. The summed E-state index contributed by atoms with van der Waals surface area (Å²) in [4.78, 5) is 41.6. The topological polar surface area (TPSA) is 131 Å². The lowest BCUT2D eigenvalue weighted by atomic mass is 10.1. The van der Waals surface area contributed by atoms with Crippen molar-refractivity contribution in [2.24, 2.45) is 0 Å². The monoisotopic (exact) mass is 329 g/mol. The zero-order valence-corrected chi connectivity index (χ0v) is 12.7. The molecule has 1 fully saturated rings. The molecule has 0 spiro atoms.